The monoisotopic (exact) mass is 391 g/mol. The van der Waals surface area contributed by atoms with E-state index >= 15 is 0 Å². The Labute approximate surface area is 172 Å². The average Bonchev–Trinajstić information content (AvgIpc) is 3.18. The van der Waals surface area contributed by atoms with E-state index in [9.17, 15) is 4.79 Å². The lowest BCUT2D eigenvalue weighted by atomic mass is 9.89. The van der Waals surface area contributed by atoms with Crippen LogP contribution in [0.3, 0.4) is 0 Å². The summed E-state index contributed by atoms with van der Waals surface area (Å²) >= 11 is 0. The van der Waals surface area contributed by atoms with Gasteiger partial charge >= 0.3 is 0 Å². The second kappa shape index (κ2) is 8.70. The van der Waals surface area contributed by atoms with Crippen LogP contribution >= 0.6 is 0 Å². The summed E-state index contributed by atoms with van der Waals surface area (Å²) in [6.45, 7) is 5.09. The topological polar surface area (TPSA) is 48.6 Å². The lowest BCUT2D eigenvalue weighted by Crippen LogP contribution is -2.43. The van der Waals surface area contributed by atoms with Crippen molar-refractivity contribution in [3.63, 3.8) is 0 Å². The number of aromatic nitrogens is 1. The first-order chi connectivity index (χ1) is 14.2. The SMILES string of the molecule is CCN(C(=O)CN1CCC(c2c[nH]c3ccc(OC)cc23)CC1)c1ccccc1. The second-order valence-corrected chi connectivity index (χ2v) is 7.68. The molecule has 5 nitrogen and oxygen atoms in total. The zero-order valence-corrected chi connectivity index (χ0v) is 17.2. The van der Waals surface area contributed by atoms with Gasteiger partial charge in [0.1, 0.15) is 5.75 Å². The highest BCUT2D eigenvalue weighted by Gasteiger charge is 2.25. The molecule has 152 valence electrons. The van der Waals surface area contributed by atoms with Gasteiger partial charge < -0.3 is 14.6 Å². The first-order valence-corrected chi connectivity index (χ1v) is 10.4. The van der Waals surface area contributed by atoms with Gasteiger partial charge in [-0.05, 0) is 74.7 Å². The summed E-state index contributed by atoms with van der Waals surface area (Å²) < 4.78 is 5.40. The number of hydrogen-bond acceptors (Lipinski definition) is 3. The molecule has 1 amide bonds. The van der Waals surface area contributed by atoms with Crippen LogP contribution in [-0.2, 0) is 4.79 Å². The Morgan fingerprint density at radius 2 is 1.93 bits per heavy atom. The molecule has 1 aromatic heterocycles. The van der Waals surface area contributed by atoms with Gasteiger partial charge in [-0.2, -0.15) is 0 Å². The van der Waals surface area contributed by atoms with E-state index in [0.29, 0.717) is 19.0 Å². The van der Waals surface area contributed by atoms with Crippen molar-refractivity contribution in [1.82, 2.24) is 9.88 Å². The number of piperidine rings is 1. The summed E-state index contributed by atoms with van der Waals surface area (Å²) in [4.78, 5) is 20.4. The van der Waals surface area contributed by atoms with Gasteiger partial charge in [0.15, 0.2) is 0 Å². The number of likely N-dealkylation sites (N-methyl/N-ethyl adjacent to an activating group) is 1. The second-order valence-electron chi connectivity index (χ2n) is 7.68. The molecule has 1 aliphatic rings. The molecule has 1 aliphatic heterocycles. The fraction of sp³-hybridized carbons (Fsp3) is 0.375. The average molecular weight is 392 g/mol. The number of carbonyl (C=O) groups is 1. The molecule has 4 rings (SSSR count). The van der Waals surface area contributed by atoms with E-state index in [0.717, 1.165) is 42.9 Å². The molecule has 5 heteroatoms. The molecule has 0 unspecified atom stereocenters. The van der Waals surface area contributed by atoms with E-state index in [1.54, 1.807) is 7.11 Å². The summed E-state index contributed by atoms with van der Waals surface area (Å²) in [5, 5.41) is 1.25. The first kappa shape index (κ1) is 19.5. The van der Waals surface area contributed by atoms with Crippen molar-refractivity contribution < 1.29 is 9.53 Å². The van der Waals surface area contributed by atoms with Crippen LogP contribution in [0.1, 0.15) is 31.2 Å². The Hall–Kier alpha value is -2.79. The number of amides is 1. The molecule has 0 atom stereocenters. The number of anilines is 1. The third kappa shape index (κ3) is 4.15. The maximum absolute atomic E-state index is 12.9. The molecular formula is C24H29N3O2. The van der Waals surface area contributed by atoms with Crippen LogP contribution < -0.4 is 9.64 Å². The zero-order chi connectivity index (χ0) is 20.2. The van der Waals surface area contributed by atoms with E-state index in [1.807, 2.05) is 48.2 Å². The number of nitrogens with zero attached hydrogens (tertiary/aromatic N) is 2. The van der Waals surface area contributed by atoms with Crippen LogP contribution in [0.25, 0.3) is 10.9 Å². The van der Waals surface area contributed by atoms with Crippen molar-refractivity contribution in [2.24, 2.45) is 0 Å². The highest BCUT2D eigenvalue weighted by Crippen LogP contribution is 2.34. The maximum atomic E-state index is 12.9. The lowest BCUT2D eigenvalue weighted by Gasteiger charge is -2.33. The highest BCUT2D eigenvalue weighted by atomic mass is 16.5. The highest BCUT2D eigenvalue weighted by molar-refractivity contribution is 5.94. The van der Waals surface area contributed by atoms with E-state index < -0.39 is 0 Å². The number of methoxy groups -OCH3 is 1. The standard InChI is InChI=1S/C24H29N3O2/c1-3-27(19-7-5-4-6-8-19)24(28)17-26-13-11-18(12-14-26)22-16-25-23-10-9-20(29-2)15-21(22)23/h4-10,15-16,18,25H,3,11-14,17H2,1-2H3. The van der Waals surface area contributed by atoms with Crippen LogP contribution in [-0.4, -0.2) is 49.1 Å². The molecule has 1 fully saturated rings. The van der Waals surface area contributed by atoms with E-state index in [2.05, 4.69) is 28.2 Å². The Balaban J connectivity index is 1.39. The first-order valence-electron chi connectivity index (χ1n) is 10.4. The normalized spacial score (nSPS) is 15.5. The number of para-hydroxylation sites is 1. The van der Waals surface area contributed by atoms with Crippen LogP contribution in [0.2, 0.25) is 0 Å². The molecule has 0 saturated carbocycles. The maximum Gasteiger partial charge on any atom is 0.241 e. The van der Waals surface area contributed by atoms with Crippen molar-refractivity contribution in [3.8, 4) is 5.75 Å². The Morgan fingerprint density at radius 1 is 1.17 bits per heavy atom. The summed E-state index contributed by atoms with van der Waals surface area (Å²) in [5.41, 5.74) is 3.49. The van der Waals surface area contributed by atoms with Crippen LogP contribution in [0.15, 0.2) is 54.7 Å². The summed E-state index contributed by atoms with van der Waals surface area (Å²) in [7, 11) is 1.71. The Kier molecular flexibility index (Phi) is 5.86. The van der Waals surface area contributed by atoms with Gasteiger partial charge in [0.25, 0.3) is 0 Å². The number of benzene rings is 2. The van der Waals surface area contributed by atoms with Crippen molar-refractivity contribution in [2.45, 2.75) is 25.7 Å². The number of carbonyl (C=O) groups excluding carboxylic acids is 1. The van der Waals surface area contributed by atoms with Gasteiger partial charge in [-0.3, -0.25) is 9.69 Å². The van der Waals surface area contributed by atoms with Gasteiger partial charge in [-0.1, -0.05) is 18.2 Å². The van der Waals surface area contributed by atoms with Crippen molar-refractivity contribution in [3.05, 3.63) is 60.3 Å². The summed E-state index contributed by atoms with van der Waals surface area (Å²) in [6.07, 6.45) is 4.27. The smallest absolute Gasteiger partial charge is 0.241 e. The molecule has 0 spiro atoms. The molecule has 0 aliphatic carbocycles. The minimum absolute atomic E-state index is 0.175. The Morgan fingerprint density at radius 3 is 2.62 bits per heavy atom. The van der Waals surface area contributed by atoms with Gasteiger partial charge in [-0.25, -0.2) is 0 Å². The minimum Gasteiger partial charge on any atom is -0.497 e. The molecule has 0 radical (unpaired) electrons. The molecule has 29 heavy (non-hydrogen) atoms. The van der Waals surface area contributed by atoms with Crippen LogP contribution in [0, 0.1) is 0 Å². The molecule has 2 aromatic carbocycles. The van der Waals surface area contributed by atoms with Crippen LogP contribution in [0.5, 0.6) is 5.75 Å². The van der Waals surface area contributed by atoms with Gasteiger partial charge in [-0.15, -0.1) is 0 Å². The van der Waals surface area contributed by atoms with Crippen LogP contribution in [0.4, 0.5) is 5.69 Å². The predicted octanol–water partition coefficient (Wildman–Crippen LogP) is 4.41. The van der Waals surface area contributed by atoms with Gasteiger partial charge in [0.05, 0.1) is 13.7 Å². The minimum atomic E-state index is 0.175. The fourth-order valence-electron chi connectivity index (χ4n) is 4.38. The number of H-pyrrole nitrogens is 1. The number of ether oxygens (including phenoxy) is 1. The van der Waals surface area contributed by atoms with Crippen molar-refractivity contribution >= 4 is 22.5 Å². The summed E-state index contributed by atoms with van der Waals surface area (Å²) in [6, 6.07) is 16.1. The summed E-state index contributed by atoms with van der Waals surface area (Å²) in [5.74, 6) is 1.58. The number of aromatic amines is 1. The van der Waals surface area contributed by atoms with Gasteiger partial charge in [0.2, 0.25) is 5.91 Å². The van der Waals surface area contributed by atoms with Crippen molar-refractivity contribution in [2.75, 3.05) is 38.2 Å². The number of rotatable bonds is 6. The quantitative estimate of drug-likeness (QED) is 0.677. The zero-order valence-electron chi connectivity index (χ0n) is 17.2. The molecular weight excluding hydrogens is 362 g/mol. The molecule has 3 aromatic rings. The number of likely N-dealkylation sites (tertiary alicyclic amines) is 1. The third-order valence-corrected chi connectivity index (χ3v) is 5.99. The third-order valence-electron chi connectivity index (χ3n) is 5.99. The van der Waals surface area contributed by atoms with E-state index in [4.69, 9.17) is 4.74 Å². The van der Waals surface area contributed by atoms with E-state index in [-0.39, 0.29) is 5.91 Å². The molecule has 2 heterocycles. The number of hydrogen-bond donors (Lipinski definition) is 1. The van der Waals surface area contributed by atoms with Gasteiger partial charge in [0, 0.05) is 29.3 Å². The largest absolute Gasteiger partial charge is 0.497 e. The molecule has 1 N–H and O–H groups in total. The lowest BCUT2D eigenvalue weighted by molar-refractivity contribution is -0.120. The Bertz CT molecular complexity index is 959. The molecule has 1 saturated heterocycles. The van der Waals surface area contributed by atoms with Crippen molar-refractivity contribution in [1.29, 1.82) is 0 Å². The number of fused-ring (bicyclic) bond motifs is 1. The fourth-order valence-corrected chi connectivity index (χ4v) is 4.38. The molecule has 0 bridgehead atoms. The van der Waals surface area contributed by atoms with E-state index in [1.165, 1.54) is 10.9 Å². The predicted molar refractivity (Wildman–Crippen MR) is 118 cm³/mol. The number of nitrogens with one attached hydrogen (secondary N) is 1.